The summed E-state index contributed by atoms with van der Waals surface area (Å²) in [5, 5.41) is 20.6. The van der Waals surface area contributed by atoms with Crippen molar-refractivity contribution in [2.24, 2.45) is 0 Å². The van der Waals surface area contributed by atoms with Crippen LogP contribution in [0.4, 0.5) is 5.69 Å². The highest BCUT2D eigenvalue weighted by Gasteiger charge is 2.46. The van der Waals surface area contributed by atoms with Gasteiger partial charge in [-0.2, -0.15) is 5.10 Å². The summed E-state index contributed by atoms with van der Waals surface area (Å²) in [6.07, 6.45) is 17.4. The van der Waals surface area contributed by atoms with Gasteiger partial charge in [-0.1, -0.05) is 99.5 Å². The molecular formula is C51H65Cl2N9O10. The van der Waals surface area contributed by atoms with E-state index in [4.69, 9.17) is 27.9 Å². The average molecular weight is 1040 g/mol. The fourth-order valence-corrected chi connectivity index (χ4v) is 9.63. The van der Waals surface area contributed by atoms with Gasteiger partial charge in [0.05, 0.1) is 38.6 Å². The Bertz CT molecular complexity index is 2420. The number of likely N-dealkylation sites (tertiary alicyclic amines) is 1. The van der Waals surface area contributed by atoms with Crippen LogP contribution in [0.15, 0.2) is 42.6 Å². The first kappa shape index (κ1) is 55.0. The molecule has 1 aromatic heterocycles. The van der Waals surface area contributed by atoms with Gasteiger partial charge in [-0.3, -0.25) is 58.5 Å². The van der Waals surface area contributed by atoms with Crippen molar-refractivity contribution in [3.8, 4) is 5.75 Å². The standard InChI is InChI=1S/C51H65Cl2N9O10/c52-35-18-16-19-36(53)45(35)48(68)58-37-31-56-60-46(37)49(69)57-33-25-29-61(30-26-33)43(66)22-12-8-4-2-6-9-13-27-54-40(63)21-11-7-3-1-5-10-14-28-55-42(65)32-72-39-20-15-17-34-44(39)51(71)62(50(34)70)38-23-24-41(64)59-47(38)67/h15-20,31,33,38H,1-14,21-30,32H2,(H,54,63)(H,55,65)(H,56,60)(H,57,69)(H,58,68)(H,59,64,67). The van der Waals surface area contributed by atoms with Crippen LogP contribution in [-0.4, -0.2) is 118 Å². The van der Waals surface area contributed by atoms with E-state index >= 15 is 0 Å². The number of aromatic nitrogens is 2. The van der Waals surface area contributed by atoms with E-state index in [-0.39, 0.29) is 87.1 Å². The van der Waals surface area contributed by atoms with Crippen LogP contribution in [0.5, 0.6) is 5.75 Å². The highest BCUT2D eigenvalue weighted by Crippen LogP contribution is 2.34. The number of ether oxygens (including phenoxy) is 1. The second-order valence-electron chi connectivity index (χ2n) is 18.4. The highest BCUT2D eigenvalue weighted by molar-refractivity contribution is 6.40. The summed E-state index contributed by atoms with van der Waals surface area (Å²) in [6.45, 7) is 1.92. The largest absolute Gasteiger partial charge is 0.483 e. The first-order chi connectivity index (χ1) is 34.8. The molecule has 72 heavy (non-hydrogen) atoms. The number of carbonyl (C=O) groups excluding carboxylic acids is 9. The molecule has 2 fully saturated rings. The van der Waals surface area contributed by atoms with E-state index in [0.29, 0.717) is 51.9 Å². The van der Waals surface area contributed by atoms with Gasteiger partial charge in [0, 0.05) is 51.5 Å². The number of nitrogens with zero attached hydrogens (tertiary/aromatic N) is 3. The lowest BCUT2D eigenvalue weighted by Gasteiger charge is -2.32. The van der Waals surface area contributed by atoms with Gasteiger partial charge in [-0.25, -0.2) is 0 Å². The van der Waals surface area contributed by atoms with Gasteiger partial charge in [0.25, 0.3) is 29.5 Å². The molecule has 6 N–H and O–H groups in total. The quantitative estimate of drug-likeness (QED) is 0.0332. The number of amides is 9. The Balaban J connectivity index is 0.695. The highest BCUT2D eigenvalue weighted by atomic mass is 35.5. The van der Waals surface area contributed by atoms with Gasteiger partial charge in [0.2, 0.25) is 23.6 Å². The number of anilines is 1. The molecule has 3 aliphatic rings. The van der Waals surface area contributed by atoms with Crippen molar-refractivity contribution in [1.82, 2.24) is 41.3 Å². The van der Waals surface area contributed by atoms with Gasteiger partial charge >= 0.3 is 0 Å². The number of rotatable bonds is 28. The number of piperidine rings is 2. The summed E-state index contributed by atoms with van der Waals surface area (Å²) in [7, 11) is 0. The van der Waals surface area contributed by atoms with Gasteiger partial charge < -0.3 is 30.9 Å². The Hall–Kier alpha value is -6.34. The smallest absolute Gasteiger partial charge is 0.271 e. The monoisotopic (exact) mass is 1030 g/mol. The van der Waals surface area contributed by atoms with E-state index in [1.807, 2.05) is 4.90 Å². The van der Waals surface area contributed by atoms with Crippen LogP contribution in [0.3, 0.4) is 0 Å². The third-order valence-corrected chi connectivity index (χ3v) is 13.7. The number of halogens is 2. The summed E-state index contributed by atoms with van der Waals surface area (Å²) in [4.78, 5) is 116. The number of H-pyrrole nitrogens is 1. The molecule has 1 unspecified atom stereocenters. The van der Waals surface area contributed by atoms with E-state index in [0.717, 1.165) is 94.8 Å². The Morgan fingerprint density at radius 2 is 1.29 bits per heavy atom. The molecule has 21 heteroatoms. The van der Waals surface area contributed by atoms with Crippen LogP contribution < -0.4 is 31.3 Å². The molecule has 3 aliphatic heterocycles. The molecule has 1 atom stereocenters. The number of imide groups is 2. The van der Waals surface area contributed by atoms with Gasteiger partial charge in [-0.15, -0.1) is 0 Å². The zero-order chi connectivity index (χ0) is 51.4. The molecule has 6 rings (SSSR count). The second kappa shape index (κ2) is 28.0. The topological polar surface area (TPSA) is 258 Å². The molecule has 0 radical (unpaired) electrons. The summed E-state index contributed by atoms with van der Waals surface area (Å²) >= 11 is 12.3. The minimum atomic E-state index is -1.09. The van der Waals surface area contributed by atoms with E-state index in [9.17, 15) is 43.2 Å². The summed E-state index contributed by atoms with van der Waals surface area (Å²) in [6, 6.07) is 8.02. The Morgan fingerprint density at radius 3 is 1.94 bits per heavy atom. The molecule has 388 valence electrons. The van der Waals surface area contributed by atoms with Crippen LogP contribution in [0.2, 0.25) is 10.0 Å². The number of benzene rings is 2. The molecule has 0 saturated carbocycles. The van der Waals surface area contributed by atoms with Gasteiger partial charge in [0.1, 0.15) is 17.5 Å². The lowest BCUT2D eigenvalue weighted by molar-refractivity contribution is -0.136. The van der Waals surface area contributed by atoms with Crippen molar-refractivity contribution in [1.29, 1.82) is 0 Å². The predicted molar refractivity (Wildman–Crippen MR) is 269 cm³/mol. The molecule has 4 heterocycles. The third kappa shape index (κ3) is 15.8. The molecule has 3 aromatic rings. The van der Waals surface area contributed by atoms with Crippen LogP contribution in [-0.2, 0) is 24.0 Å². The third-order valence-electron chi connectivity index (χ3n) is 13.1. The van der Waals surface area contributed by atoms with E-state index < -0.39 is 41.5 Å². The maximum atomic E-state index is 13.2. The number of carbonyl (C=O) groups is 9. The number of hydrogen-bond donors (Lipinski definition) is 6. The zero-order valence-electron chi connectivity index (χ0n) is 40.6. The zero-order valence-corrected chi connectivity index (χ0v) is 42.1. The maximum Gasteiger partial charge on any atom is 0.271 e. The van der Waals surface area contributed by atoms with Crippen molar-refractivity contribution >= 4 is 82.1 Å². The lowest BCUT2D eigenvalue weighted by atomic mass is 10.0. The Kier molecular flexibility index (Phi) is 21.4. The first-order valence-electron chi connectivity index (χ1n) is 25.2. The van der Waals surface area contributed by atoms with Crippen molar-refractivity contribution in [3.63, 3.8) is 0 Å². The Morgan fingerprint density at radius 1 is 0.694 bits per heavy atom. The summed E-state index contributed by atoms with van der Waals surface area (Å²) in [5.41, 5.74) is 0.485. The molecule has 2 saturated heterocycles. The summed E-state index contributed by atoms with van der Waals surface area (Å²) in [5.74, 6) is -3.54. The minimum absolute atomic E-state index is 0.00307. The number of hydrogen-bond acceptors (Lipinski definition) is 11. The average Bonchev–Trinajstić information content (AvgIpc) is 3.93. The maximum absolute atomic E-state index is 13.2. The molecule has 0 bridgehead atoms. The van der Waals surface area contributed by atoms with Crippen LogP contribution >= 0.6 is 23.2 Å². The van der Waals surface area contributed by atoms with E-state index in [2.05, 4.69) is 36.8 Å². The van der Waals surface area contributed by atoms with Crippen molar-refractivity contribution < 1.29 is 47.9 Å². The number of aromatic amines is 1. The van der Waals surface area contributed by atoms with Crippen molar-refractivity contribution in [3.05, 3.63) is 75.0 Å². The summed E-state index contributed by atoms with van der Waals surface area (Å²) < 4.78 is 5.64. The Labute approximate surface area is 429 Å². The number of nitrogens with one attached hydrogen (secondary N) is 6. The molecule has 19 nitrogen and oxygen atoms in total. The molecule has 0 aliphatic carbocycles. The van der Waals surface area contributed by atoms with Crippen LogP contribution in [0.25, 0.3) is 0 Å². The fraction of sp³-hybridized carbons (Fsp3) is 0.529. The molecule has 0 spiro atoms. The van der Waals surface area contributed by atoms with Gasteiger partial charge in [0.15, 0.2) is 6.61 Å². The normalized spacial score (nSPS) is 15.8. The second-order valence-corrected chi connectivity index (χ2v) is 19.2. The number of fused-ring (bicyclic) bond motifs is 1. The SMILES string of the molecule is O=C(CCCCCCCCCNC(=O)COc1cccc2c1C(=O)N(C1CCC(=O)NC1=O)C2=O)NCCCCCCCCCC(=O)N1CCC(NC(=O)c2[nH]ncc2NC(=O)c2c(Cl)cccc2Cl)CC1. The molecule has 2 aromatic carbocycles. The van der Waals surface area contributed by atoms with E-state index in [1.54, 1.807) is 24.3 Å². The number of unbranched alkanes of at least 4 members (excludes halogenated alkanes) is 12. The van der Waals surface area contributed by atoms with Crippen molar-refractivity contribution in [2.45, 2.75) is 141 Å². The minimum Gasteiger partial charge on any atom is -0.483 e. The predicted octanol–water partition coefficient (Wildman–Crippen LogP) is 6.64. The fourth-order valence-electron chi connectivity index (χ4n) is 9.06. The first-order valence-corrected chi connectivity index (χ1v) is 26.0. The van der Waals surface area contributed by atoms with E-state index in [1.165, 1.54) is 18.3 Å². The van der Waals surface area contributed by atoms with Crippen LogP contribution in [0.1, 0.15) is 170 Å². The molecular weight excluding hydrogens is 970 g/mol. The van der Waals surface area contributed by atoms with Crippen LogP contribution in [0, 0.1) is 0 Å². The van der Waals surface area contributed by atoms with Crippen molar-refractivity contribution in [2.75, 3.05) is 38.1 Å². The lowest BCUT2D eigenvalue weighted by Crippen LogP contribution is -2.54. The molecule has 9 amide bonds. The van der Waals surface area contributed by atoms with Gasteiger partial charge in [-0.05, 0) is 69.2 Å².